The van der Waals surface area contributed by atoms with Crippen molar-refractivity contribution in [3.05, 3.63) is 23.7 Å². The summed E-state index contributed by atoms with van der Waals surface area (Å²) < 4.78 is 5.42. The highest BCUT2D eigenvalue weighted by atomic mass is 16.4. The highest BCUT2D eigenvalue weighted by molar-refractivity contribution is 5.91. The number of amides is 1. The normalized spacial score (nSPS) is 20.6. The molecule has 0 bridgehead atoms. The second-order valence-corrected chi connectivity index (χ2v) is 4.53. The summed E-state index contributed by atoms with van der Waals surface area (Å²) in [4.78, 5) is 14.2. The van der Waals surface area contributed by atoms with E-state index in [1.807, 2.05) is 4.90 Å². The van der Waals surface area contributed by atoms with Gasteiger partial charge in [0.05, 0.1) is 6.54 Å². The molecule has 4 heteroatoms. The van der Waals surface area contributed by atoms with Crippen LogP contribution in [-0.2, 0) is 6.54 Å². The van der Waals surface area contributed by atoms with Gasteiger partial charge in [-0.25, -0.2) is 0 Å². The Morgan fingerprint density at radius 2 is 2.35 bits per heavy atom. The number of hydrogen-bond acceptors (Lipinski definition) is 3. The molecule has 0 saturated carbocycles. The summed E-state index contributed by atoms with van der Waals surface area (Å²) in [6, 6.07) is 3.87. The lowest BCUT2D eigenvalue weighted by atomic mass is 10.00. The number of rotatable bonds is 3. The Morgan fingerprint density at radius 1 is 1.53 bits per heavy atom. The van der Waals surface area contributed by atoms with E-state index in [4.69, 9.17) is 10.2 Å². The Kier molecular flexibility index (Phi) is 3.84. The van der Waals surface area contributed by atoms with Gasteiger partial charge in [-0.3, -0.25) is 4.79 Å². The molecule has 1 atom stereocenters. The zero-order chi connectivity index (χ0) is 12.3. The fourth-order valence-corrected chi connectivity index (χ4v) is 2.44. The highest BCUT2D eigenvalue weighted by Crippen LogP contribution is 2.22. The molecule has 1 saturated heterocycles. The van der Waals surface area contributed by atoms with Crippen LogP contribution in [0.3, 0.4) is 0 Å². The van der Waals surface area contributed by atoms with E-state index in [9.17, 15) is 4.79 Å². The van der Waals surface area contributed by atoms with E-state index in [0.717, 1.165) is 25.8 Å². The Hall–Kier alpha value is -1.29. The summed E-state index contributed by atoms with van der Waals surface area (Å²) in [5, 5.41) is 0. The van der Waals surface area contributed by atoms with E-state index in [1.165, 1.54) is 6.42 Å². The second-order valence-electron chi connectivity index (χ2n) is 4.53. The first-order chi connectivity index (χ1) is 8.26. The molecule has 94 valence electrons. The van der Waals surface area contributed by atoms with E-state index < -0.39 is 0 Å². The first-order valence-electron chi connectivity index (χ1n) is 6.36. The maximum absolute atomic E-state index is 12.3. The van der Waals surface area contributed by atoms with Gasteiger partial charge in [-0.1, -0.05) is 6.92 Å². The van der Waals surface area contributed by atoms with E-state index in [0.29, 0.717) is 24.1 Å². The lowest BCUT2D eigenvalue weighted by Gasteiger charge is -2.34. The van der Waals surface area contributed by atoms with Gasteiger partial charge < -0.3 is 15.1 Å². The van der Waals surface area contributed by atoms with Crippen LogP contribution in [0.15, 0.2) is 16.5 Å². The number of nitrogens with zero attached hydrogens (tertiary/aromatic N) is 1. The topological polar surface area (TPSA) is 59.5 Å². The summed E-state index contributed by atoms with van der Waals surface area (Å²) >= 11 is 0. The molecule has 1 aromatic rings. The standard InChI is InChI=1S/C13H20N2O2/c1-2-10-5-3-4-8-15(10)13(16)12-7-6-11(9-14)17-12/h6-7,10H,2-5,8-9,14H2,1H3/t10-/m0/s1. The van der Waals surface area contributed by atoms with Crippen LogP contribution in [-0.4, -0.2) is 23.4 Å². The molecule has 0 aromatic carbocycles. The molecule has 4 nitrogen and oxygen atoms in total. The lowest BCUT2D eigenvalue weighted by Crippen LogP contribution is -2.43. The number of hydrogen-bond donors (Lipinski definition) is 1. The molecule has 1 aliphatic rings. The Balaban J connectivity index is 2.12. The quantitative estimate of drug-likeness (QED) is 0.874. The molecule has 2 N–H and O–H groups in total. The minimum absolute atomic E-state index is 0.0104. The van der Waals surface area contributed by atoms with Crippen molar-refractivity contribution in [2.24, 2.45) is 5.73 Å². The molecule has 1 aliphatic heterocycles. The number of carbonyl (C=O) groups is 1. The van der Waals surface area contributed by atoms with Crippen LogP contribution in [0.1, 0.15) is 48.9 Å². The van der Waals surface area contributed by atoms with Gasteiger partial charge in [0.2, 0.25) is 0 Å². The van der Waals surface area contributed by atoms with Gasteiger partial charge >= 0.3 is 0 Å². The van der Waals surface area contributed by atoms with Crippen LogP contribution in [0, 0.1) is 0 Å². The first kappa shape index (κ1) is 12.2. The Labute approximate surface area is 102 Å². The van der Waals surface area contributed by atoms with Crippen LogP contribution >= 0.6 is 0 Å². The summed E-state index contributed by atoms with van der Waals surface area (Å²) in [5.41, 5.74) is 5.48. The van der Waals surface area contributed by atoms with Crippen molar-refractivity contribution in [2.45, 2.75) is 45.2 Å². The summed E-state index contributed by atoms with van der Waals surface area (Å²) in [5.74, 6) is 1.10. The maximum Gasteiger partial charge on any atom is 0.289 e. The molecular weight excluding hydrogens is 216 g/mol. The number of nitrogens with two attached hydrogens (primary N) is 1. The molecule has 0 spiro atoms. The first-order valence-corrected chi connectivity index (χ1v) is 6.36. The molecular formula is C13H20N2O2. The zero-order valence-corrected chi connectivity index (χ0v) is 10.3. The summed E-state index contributed by atoms with van der Waals surface area (Å²) in [6.45, 7) is 3.31. The van der Waals surface area contributed by atoms with Crippen LogP contribution in [0.2, 0.25) is 0 Å². The van der Waals surface area contributed by atoms with Gasteiger partial charge in [0.15, 0.2) is 5.76 Å². The fraction of sp³-hybridized carbons (Fsp3) is 0.615. The minimum atomic E-state index is 0.0104. The van der Waals surface area contributed by atoms with E-state index in [2.05, 4.69) is 6.92 Å². The van der Waals surface area contributed by atoms with Crippen molar-refractivity contribution in [2.75, 3.05) is 6.54 Å². The van der Waals surface area contributed by atoms with Crippen LogP contribution in [0.4, 0.5) is 0 Å². The van der Waals surface area contributed by atoms with Crippen molar-refractivity contribution < 1.29 is 9.21 Å². The molecule has 0 radical (unpaired) electrons. The highest BCUT2D eigenvalue weighted by Gasteiger charge is 2.27. The fourth-order valence-electron chi connectivity index (χ4n) is 2.44. The number of likely N-dealkylation sites (tertiary alicyclic amines) is 1. The molecule has 2 rings (SSSR count). The van der Waals surface area contributed by atoms with Crippen molar-refractivity contribution >= 4 is 5.91 Å². The number of furan rings is 1. The molecule has 2 heterocycles. The molecule has 1 aromatic heterocycles. The Morgan fingerprint density at radius 3 is 3.00 bits per heavy atom. The van der Waals surface area contributed by atoms with E-state index in [1.54, 1.807) is 12.1 Å². The van der Waals surface area contributed by atoms with Gasteiger partial charge in [-0.2, -0.15) is 0 Å². The predicted molar refractivity (Wildman–Crippen MR) is 65.6 cm³/mol. The van der Waals surface area contributed by atoms with Crippen molar-refractivity contribution in [3.63, 3.8) is 0 Å². The van der Waals surface area contributed by atoms with Gasteiger partial charge in [-0.15, -0.1) is 0 Å². The van der Waals surface area contributed by atoms with E-state index >= 15 is 0 Å². The SMILES string of the molecule is CC[C@H]1CCCCN1C(=O)c1ccc(CN)o1. The van der Waals surface area contributed by atoms with Crippen LogP contribution < -0.4 is 5.73 Å². The van der Waals surface area contributed by atoms with Gasteiger partial charge in [0.25, 0.3) is 5.91 Å². The third-order valence-corrected chi connectivity index (χ3v) is 3.43. The van der Waals surface area contributed by atoms with Crippen molar-refractivity contribution in [1.29, 1.82) is 0 Å². The monoisotopic (exact) mass is 236 g/mol. The van der Waals surface area contributed by atoms with Gasteiger partial charge in [-0.05, 0) is 37.8 Å². The third kappa shape index (κ3) is 2.52. The van der Waals surface area contributed by atoms with Gasteiger partial charge in [0, 0.05) is 12.6 Å². The third-order valence-electron chi connectivity index (χ3n) is 3.43. The molecule has 17 heavy (non-hydrogen) atoms. The lowest BCUT2D eigenvalue weighted by molar-refractivity contribution is 0.0574. The van der Waals surface area contributed by atoms with Crippen LogP contribution in [0.5, 0.6) is 0 Å². The molecule has 1 fully saturated rings. The second kappa shape index (κ2) is 5.36. The minimum Gasteiger partial charge on any atom is -0.455 e. The largest absolute Gasteiger partial charge is 0.455 e. The van der Waals surface area contributed by atoms with E-state index in [-0.39, 0.29) is 5.91 Å². The molecule has 0 unspecified atom stereocenters. The maximum atomic E-state index is 12.3. The van der Waals surface area contributed by atoms with Gasteiger partial charge in [0.1, 0.15) is 5.76 Å². The molecule has 1 amide bonds. The average Bonchev–Trinajstić information content (AvgIpc) is 2.86. The Bertz CT molecular complexity index is 387. The zero-order valence-electron chi connectivity index (χ0n) is 10.3. The molecule has 0 aliphatic carbocycles. The number of carbonyl (C=O) groups excluding carboxylic acids is 1. The summed E-state index contributed by atoms with van der Waals surface area (Å²) in [7, 11) is 0. The number of piperidine rings is 1. The smallest absolute Gasteiger partial charge is 0.289 e. The van der Waals surface area contributed by atoms with Crippen molar-refractivity contribution in [1.82, 2.24) is 4.90 Å². The average molecular weight is 236 g/mol. The van der Waals surface area contributed by atoms with Crippen LogP contribution in [0.25, 0.3) is 0 Å². The van der Waals surface area contributed by atoms with Crippen molar-refractivity contribution in [3.8, 4) is 0 Å². The summed E-state index contributed by atoms with van der Waals surface area (Å²) in [6.07, 6.45) is 4.42. The predicted octanol–water partition coefficient (Wildman–Crippen LogP) is 2.14.